The van der Waals surface area contributed by atoms with Gasteiger partial charge in [0.15, 0.2) is 0 Å². The van der Waals surface area contributed by atoms with E-state index < -0.39 is 5.97 Å². The summed E-state index contributed by atoms with van der Waals surface area (Å²) in [5, 5.41) is 17.4. The lowest BCUT2D eigenvalue weighted by Gasteiger charge is -2.22. The van der Waals surface area contributed by atoms with Crippen LogP contribution >= 0.6 is 0 Å². The van der Waals surface area contributed by atoms with Crippen molar-refractivity contribution in [2.75, 3.05) is 26.2 Å². The van der Waals surface area contributed by atoms with Gasteiger partial charge in [-0.25, -0.2) is 0 Å². The average molecular weight is 231 g/mol. The zero-order chi connectivity index (χ0) is 12.4. The minimum atomic E-state index is -0.754. The highest BCUT2D eigenvalue weighted by Gasteiger charge is 2.10. The molecule has 0 aliphatic heterocycles. The summed E-state index contributed by atoms with van der Waals surface area (Å²) in [4.78, 5) is 12.6. The summed E-state index contributed by atoms with van der Waals surface area (Å²) in [6, 6.07) is 0. The SMILES string of the molecule is CC(C)CN(CCCCCCO)CC(=O)O. The second kappa shape index (κ2) is 9.60. The topological polar surface area (TPSA) is 60.8 Å². The van der Waals surface area contributed by atoms with Gasteiger partial charge in [0.05, 0.1) is 6.54 Å². The summed E-state index contributed by atoms with van der Waals surface area (Å²) in [5.41, 5.74) is 0. The van der Waals surface area contributed by atoms with Crippen LogP contribution in [0.1, 0.15) is 39.5 Å². The second-order valence-corrected chi connectivity index (χ2v) is 4.66. The Morgan fingerprint density at radius 1 is 1.19 bits per heavy atom. The van der Waals surface area contributed by atoms with Gasteiger partial charge in [-0.05, 0) is 25.3 Å². The molecule has 0 atom stereocenters. The lowest BCUT2D eigenvalue weighted by atomic mass is 10.1. The molecular formula is C12H25NO3. The summed E-state index contributed by atoms with van der Waals surface area (Å²) in [5.74, 6) is -0.257. The number of unbranched alkanes of at least 4 members (excludes halogenated alkanes) is 3. The van der Waals surface area contributed by atoms with Crippen LogP contribution in [-0.2, 0) is 4.79 Å². The van der Waals surface area contributed by atoms with Crippen molar-refractivity contribution in [3.8, 4) is 0 Å². The van der Waals surface area contributed by atoms with Crippen LogP contribution in [0.2, 0.25) is 0 Å². The zero-order valence-corrected chi connectivity index (χ0v) is 10.5. The van der Waals surface area contributed by atoms with E-state index in [1.54, 1.807) is 0 Å². The van der Waals surface area contributed by atoms with Crippen LogP contribution in [0.25, 0.3) is 0 Å². The third kappa shape index (κ3) is 9.93. The molecule has 0 fully saturated rings. The Bertz CT molecular complexity index is 183. The van der Waals surface area contributed by atoms with E-state index >= 15 is 0 Å². The van der Waals surface area contributed by atoms with Gasteiger partial charge >= 0.3 is 5.97 Å². The fourth-order valence-electron chi connectivity index (χ4n) is 1.74. The maximum atomic E-state index is 10.7. The molecule has 0 bridgehead atoms. The van der Waals surface area contributed by atoms with Crippen molar-refractivity contribution in [3.05, 3.63) is 0 Å². The molecule has 4 nitrogen and oxygen atoms in total. The average Bonchev–Trinajstić information content (AvgIpc) is 2.15. The second-order valence-electron chi connectivity index (χ2n) is 4.66. The summed E-state index contributed by atoms with van der Waals surface area (Å²) >= 11 is 0. The van der Waals surface area contributed by atoms with Crippen LogP contribution in [0.5, 0.6) is 0 Å². The summed E-state index contributed by atoms with van der Waals surface area (Å²) < 4.78 is 0. The molecule has 96 valence electrons. The van der Waals surface area contributed by atoms with Gasteiger partial charge in [-0.3, -0.25) is 9.69 Å². The minimum absolute atomic E-state index is 0.137. The maximum Gasteiger partial charge on any atom is 0.317 e. The van der Waals surface area contributed by atoms with Crippen LogP contribution in [-0.4, -0.2) is 47.3 Å². The van der Waals surface area contributed by atoms with Crippen molar-refractivity contribution >= 4 is 5.97 Å². The fraction of sp³-hybridized carbons (Fsp3) is 0.917. The highest BCUT2D eigenvalue weighted by atomic mass is 16.4. The Labute approximate surface area is 98.3 Å². The monoisotopic (exact) mass is 231 g/mol. The van der Waals surface area contributed by atoms with Crippen LogP contribution < -0.4 is 0 Å². The standard InChI is InChI=1S/C12H25NO3/c1-11(2)9-13(10-12(15)16)7-5-3-4-6-8-14/h11,14H,3-10H2,1-2H3,(H,15,16). The van der Waals surface area contributed by atoms with Gasteiger partial charge in [0.1, 0.15) is 0 Å². The Hall–Kier alpha value is -0.610. The van der Waals surface area contributed by atoms with E-state index in [1.807, 2.05) is 4.90 Å². The number of aliphatic carboxylic acids is 1. The predicted molar refractivity (Wildman–Crippen MR) is 64.5 cm³/mol. The van der Waals surface area contributed by atoms with E-state index in [1.165, 1.54) is 0 Å². The van der Waals surface area contributed by atoms with Crippen molar-refractivity contribution in [3.63, 3.8) is 0 Å². The minimum Gasteiger partial charge on any atom is -0.480 e. The quantitative estimate of drug-likeness (QED) is 0.560. The van der Waals surface area contributed by atoms with E-state index in [4.69, 9.17) is 10.2 Å². The molecule has 4 heteroatoms. The lowest BCUT2D eigenvalue weighted by Crippen LogP contribution is -2.33. The predicted octanol–water partition coefficient (Wildman–Crippen LogP) is 1.58. The number of aliphatic hydroxyl groups excluding tert-OH is 1. The molecule has 0 heterocycles. The van der Waals surface area contributed by atoms with Gasteiger partial charge in [-0.15, -0.1) is 0 Å². The zero-order valence-electron chi connectivity index (χ0n) is 10.5. The Morgan fingerprint density at radius 3 is 2.31 bits per heavy atom. The molecule has 0 aromatic rings. The normalized spacial score (nSPS) is 11.3. The molecular weight excluding hydrogens is 206 g/mol. The lowest BCUT2D eigenvalue weighted by molar-refractivity contribution is -0.138. The van der Waals surface area contributed by atoms with Crippen molar-refractivity contribution in [1.82, 2.24) is 4.90 Å². The molecule has 0 aromatic heterocycles. The molecule has 16 heavy (non-hydrogen) atoms. The van der Waals surface area contributed by atoms with Gasteiger partial charge < -0.3 is 10.2 Å². The molecule has 0 unspecified atom stereocenters. The van der Waals surface area contributed by atoms with Crippen molar-refractivity contribution in [1.29, 1.82) is 0 Å². The smallest absolute Gasteiger partial charge is 0.317 e. The van der Waals surface area contributed by atoms with Gasteiger partial charge in [0, 0.05) is 13.2 Å². The number of hydrogen-bond donors (Lipinski definition) is 2. The van der Waals surface area contributed by atoms with Crippen LogP contribution in [0.15, 0.2) is 0 Å². The molecule has 0 aliphatic rings. The molecule has 0 spiro atoms. The number of nitrogens with zero attached hydrogens (tertiary/aromatic N) is 1. The summed E-state index contributed by atoms with van der Waals surface area (Å²) in [6.07, 6.45) is 3.96. The summed E-state index contributed by atoms with van der Waals surface area (Å²) in [6.45, 7) is 6.27. The first-order chi connectivity index (χ1) is 7.56. The molecule has 0 radical (unpaired) electrons. The van der Waals surface area contributed by atoms with Crippen LogP contribution in [0, 0.1) is 5.92 Å². The molecule has 0 saturated heterocycles. The number of carboxylic acid groups (broad SMARTS) is 1. The molecule has 0 amide bonds. The first-order valence-electron chi connectivity index (χ1n) is 6.11. The van der Waals surface area contributed by atoms with Crippen molar-refractivity contribution in [2.45, 2.75) is 39.5 Å². The van der Waals surface area contributed by atoms with E-state index in [2.05, 4.69) is 13.8 Å². The number of rotatable bonds is 10. The van der Waals surface area contributed by atoms with E-state index in [-0.39, 0.29) is 13.2 Å². The van der Waals surface area contributed by atoms with Crippen LogP contribution in [0.3, 0.4) is 0 Å². The molecule has 0 aliphatic carbocycles. The van der Waals surface area contributed by atoms with Gasteiger partial charge in [0.2, 0.25) is 0 Å². The van der Waals surface area contributed by atoms with Gasteiger partial charge in [-0.2, -0.15) is 0 Å². The maximum absolute atomic E-state index is 10.7. The number of carboxylic acids is 1. The number of carbonyl (C=O) groups is 1. The first-order valence-corrected chi connectivity index (χ1v) is 6.11. The summed E-state index contributed by atoms with van der Waals surface area (Å²) in [7, 11) is 0. The van der Waals surface area contributed by atoms with Crippen molar-refractivity contribution < 1.29 is 15.0 Å². The Balaban J connectivity index is 3.69. The van der Waals surface area contributed by atoms with E-state index in [0.717, 1.165) is 38.8 Å². The van der Waals surface area contributed by atoms with Gasteiger partial charge in [-0.1, -0.05) is 26.7 Å². The third-order valence-corrected chi connectivity index (χ3v) is 2.36. The largest absolute Gasteiger partial charge is 0.480 e. The molecule has 0 rings (SSSR count). The van der Waals surface area contributed by atoms with Crippen molar-refractivity contribution in [2.24, 2.45) is 5.92 Å². The van der Waals surface area contributed by atoms with Crippen LogP contribution in [0.4, 0.5) is 0 Å². The highest BCUT2D eigenvalue weighted by molar-refractivity contribution is 5.69. The molecule has 0 saturated carbocycles. The Kier molecular flexibility index (Phi) is 9.24. The number of hydrogen-bond acceptors (Lipinski definition) is 3. The van der Waals surface area contributed by atoms with E-state index in [0.29, 0.717) is 5.92 Å². The molecule has 0 aromatic carbocycles. The van der Waals surface area contributed by atoms with Gasteiger partial charge in [0.25, 0.3) is 0 Å². The number of aliphatic hydroxyl groups is 1. The fourth-order valence-corrected chi connectivity index (χ4v) is 1.74. The highest BCUT2D eigenvalue weighted by Crippen LogP contribution is 2.04. The Morgan fingerprint density at radius 2 is 1.81 bits per heavy atom. The molecule has 2 N–H and O–H groups in total. The third-order valence-electron chi connectivity index (χ3n) is 2.36. The first kappa shape index (κ1) is 15.4. The van der Waals surface area contributed by atoms with E-state index in [9.17, 15) is 4.79 Å².